The van der Waals surface area contributed by atoms with Crippen molar-refractivity contribution in [2.75, 3.05) is 32.8 Å². The van der Waals surface area contributed by atoms with Gasteiger partial charge in [0.25, 0.3) is 5.91 Å². The Hall–Kier alpha value is -3.23. The van der Waals surface area contributed by atoms with Crippen molar-refractivity contribution >= 4 is 29.6 Å². The third-order valence-corrected chi connectivity index (χ3v) is 5.14. The summed E-state index contributed by atoms with van der Waals surface area (Å²) in [6.07, 6.45) is 0.586. The third kappa shape index (κ3) is 5.18. The highest BCUT2D eigenvalue weighted by molar-refractivity contribution is 6.03. The summed E-state index contributed by atoms with van der Waals surface area (Å²) in [7, 11) is 0. The smallest absolute Gasteiger partial charge is 0.338 e. The molecular formula is C20H23N3O6. The highest BCUT2D eigenvalue weighted by Crippen LogP contribution is 2.18. The Morgan fingerprint density at radius 1 is 1.03 bits per heavy atom. The molecule has 1 N–H and O–H groups in total. The number of nitrogens with zero attached hydrogens (tertiary/aromatic N) is 2. The summed E-state index contributed by atoms with van der Waals surface area (Å²) in [6.45, 7) is 2.92. The number of benzene rings is 1. The minimum Gasteiger partial charge on any atom is -0.452 e. The zero-order chi connectivity index (χ0) is 21.0. The molecule has 0 saturated carbocycles. The first-order chi connectivity index (χ1) is 13.8. The monoisotopic (exact) mass is 401 g/mol. The van der Waals surface area contributed by atoms with Crippen LogP contribution in [-0.4, -0.2) is 72.2 Å². The van der Waals surface area contributed by atoms with Crippen LogP contribution in [0.15, 0.2) is 24.3 Å². The van der Waals surface area contributed by atoms with Crippen molar-refractivity contribution in [2.24, 2.45) is 5.92 Å². The van der Waals surface area contributed by atoms with Gasteiger partial charge in [0, 0.05) is 39.5 Å². The summed E-state index contributed by atoms with van der Waals surface area (Å²) in [4.78, 5) is 61.8. The van der Waals surface area contributed by atoms with E-state index in [0.29, 0.717) is 38.2 Å². The summed E-state index contributed by atoms with van der Waals surface area (Å²) in [6, 6.07) is 6.55. The number of imide groups is 1. The maximum absolute atomic E-state index is 12.2. The van der Waals surface area contributed by atoms with E-state index in [2.05, 4.69) is 5.32 Å². The van der Waals surface area contributed by atoms with E-state index in [0.717, 1.165) is 5.56 Å². The fourth-order valence-electron chi connectivity index (χ4n) is 3.41. The van der Waals surface area contributed by atoms with Gasteiger partial charge in [-0.25, -0.2) is 4.79 Å². The maximum atomic E-state index is 12.2. The van der Waals surface area contributed by atoms with Crippen molar-refractivity contribution < 1.29 is 28.7 Å². The van der Waals surface area contributed by atoms with Gasteiger partial charge >= 0.3 is 5.97 Å². The van der Waals surface area contributed by atoms with E-state index in [4.69, 9.17) is 4.74 Å². The largest absolute Gasteiger partial charge is 0.452 e. The molecule has 1 unspecified atom stereocenters. The van der Waals surface area contributed by atoms with Gasteiger partial charge in [-0.15, -0.1) is 0 Å². The maximum Gasteiger partial charge on any atom is 0.338 e. The Morgan fingerprint density at radius 2 is 1.66 bits per heavy atom. The van der Waals surface area contributed by atoms with Crippen molar-refractivity contribution in [2.45, 2.75) is 19.8 Å². The van der Waals surface area contributed by atoms with Crippen LogP contribution in [0.4, 0.5) is 0 Å². The molecule has 1 aromatic rings. The molecule has 154 valence electrons. The number of ether oxygens (including phenoxy) is 1. The molecule has 2 heterocycles. The van der Waals surface area contributed by atoms with E-state index in [1.807, 2.05) is 0 Å². The van der Waals surface area contributed by atoms with Crippen molar-refractivity contribution in [3.8, 4) is 0 Å². The van der Waals surface area contributed by atoms with E-state index in [1.165, 1.54) is 6.92 Å². The van der Waals surface area contributed by atoms with Crippen LogP contribution in [0.2, 0.25) is 0 Å². The molecule has 2 fully saturated rings. The molecule has 0 radical (unpaired) electrons. The van der Waals surface area contributed by atoms with Crippen LogP contribution in [0.3, 0.4) is 0 Å². The van der Waals surface area contributed by atoms with Gasteiger partial charge in [0.2, 0.25) is 17.7 Å². The standard InChI is InChI=1S/C20H23N3O6/c1-13(24)22-6-8-23(9-7-22)18(26)12-29-20(28)15-4-2-14(3-5-15)10-16-11-17(25)21-19(16)27/h2-5,16H,6-12H2,1H3,(H,21,25,27). The Morgan fingerprint density at radius 3 is 2.21 bits per heavy atom. The molecule has 0 bridgehead atoms. The van der Waals surface area contributed by atoms with Gasteiger partial charge in [0.1, 0.15) is 0 Å². The van der Waals surface area contributed by atoms with E-state index in [-0.39, 0.29) is 42.6 Å². The first kappa shape index (κ1) is 20.5. The van der Waals surface area contributed by atoms with Gasteiger partial charge in [-0.05, 0) is 24.1 Å². The topological polar surface area (TPSA) is 113 Å². The number of rotatable bonds is 5. The molecule has 9 nitrogen and oxygen atoms in total. The van der Waals surface area contributed by atoms with Crippen LogP contribution in [0, 0.1) is 5.92 Å². The number of piperazine rings is 1. The van der Waals surface area contributed by atoms with E-state index in [9.17, 15) is 24.0 Å². The molecule has 2 aliphatic rings. The predicted molar refractivity (Wildman–Crippen MR) is 101 cm³/mol. The highest BCUT2D eigenvalue weighted by Gasteiger charge is 2.30. The van der Waals surface area contributed by atoms with Gasteiger partial charge in [0.05, 0.1) is 11.5 Å². The Labute approximate surface area is 168 Å². The van der Waals surface area contributed by atoms with Crippen LogP contribution in [-0.2, 0) is 30.3 Å². The second kappa shape index (κ2) is 8.85. The second-order valence-electron chi connectivity index (χ2n) is 7.18. The Bertz CT molecular complexity index is 827. The van der Waals surface area contributed by atoms with Crippen LogP contribution in [0.1, 0.15) is 29.3 Å². The number of hydrogen-bond donors (Lipinski definition) is 1. The molecule has 2 aliphatic heterocycles. The third-order valence-electron chi connectivity index (χ3n) is 5.14. The van der Waals surface area contributed by atoms with Crippen LogP contribution in [0.25, 0.3) is 0 Å². The van der Waals surface area contributed by atoms with Crippen molar-refractivity contribution in [3.63, 3.8) is 0 Å². The predicted octanol–water partition coefficient (Wildman–Crippen LogP) is -0.261. The lowest BCUT2D eigenvalue weighted by molar-refractivity contribution is -0.140. The zero-order valence-corrected chi connectivity index (χ0v) is 16.2. The molecular weight excluding hydrogens is 378 g/mol. The van der Waals surface area contributed by atoms with Gasteiger partial charge in [-0.1, -0.05) is 12.1 Å². The molecule has 1 atom stereocenters. The summed E-state index contributed by atoms with van der Waals surface area (Å²) in [5.74, 6) is -1.86. The average molecular weight is 401 g/mol. The Kier molecular flexibility index (Phi) is 6.26. The van der Waals surface area contributed by atoms with Crippen molar-refractivity contribution in [1.82, 2.24) is 15.1 Å². The molecule has 29 heavy (non-hydrogen) atoms. The summed E-state index contributed by atoms with van der Waals surface area (Å²) < 4.78 is 5.10. The van der Waals surface area contributed by atoms with E-state index < -0.39 is 5.97 Å². The fourth-order valence-corrected chi connectivity index (χ4v) is 3.41. The first-order valence-electron chi connectivity index (χ1n) is 9.46. The quantitative estimate of drug-likeness (QED) is 0.537. The lowest BCUT2D eigenvalue weighted by atomic mass is 9.97. The van der Waals surface area contributed by atoms with Crippen LogP contribution in [0.5, 0.6) is 0 Å². The van der Waals surface area contributed by atoms with Gasteiger partial charge in [-0.2, -0.15) is 0 Å². The molecule has 0 aromatic heterocycles. The van der Waals surface area contributed by atoms with E-state index in [1.54, 1.807) is 34.1 Å². The summed E-state index contributed by atoms with van der Waals surface area (Å²) >= 11 is 0. The molecule has 0 spiro atoms. The minimum atomic E-state index is -0.610. The first-order valence-corrected chi connectivity index (χ1v) is 9.46. The highest BCUT2D eigenvalue weighted by atomic mass is 16.5. The Balaban J connectivity index is 1.46. The van der Waals surface area contributed by atoms with Crippen molar-refractivity contribution in [1.29, 1.82) is 0 Å². The fraction of sp³-hybridized carbons (Fsp3) is 0.450. The molecule has 4 amide bonds. The minimum absolute atomic E-state index is 0.0212. The average Bonchev–Trinajstić information content (AvgIpc) is 3.03. The van der Waals surface area contributed by atoms with Gasteiger partial charge < -0.3 is 14.5 Å². The molecule has 0 aliphatic carbocycles. The number of hydrogen-bond acceptors (Lipinski definition) is 6. The van der Waals surface area contributed by atoms with Crippen LogP contribution < -0.4 is 5.32 Å². The molecule has 2 saturated heterocycles. The van der Waals surface area contributed by atoms with Gasteiger partial charge in [0.15, 0.2) is 6.61 Å². The zero-order valence-electron chi connectivity index (χ0n) is 16.2. The summed E-state index contributed by atoms with van der Waals surface area (Å²) in [5.41, 5.74) is 1.13. The molecule has 3 rings (SSSR count). The number of carbonyl (C=O) groups is 5. The van der Waals surface area contributed by atoms with Crippen molar-refractivity contribution in [3.05, 3.63) is 35.4 Å². The lowest BCUT2D eigenvalue weighted by Gasteiger charge is -2.34. The van der Waals surface area contributed by atoms with Gasteiger partial charge in [-0.3, -0.25) is 24.5 Å². The SMILES string of the molecule is CC(=O)N1CCN(C(=O)COC(=O)c2ccc(CC3CC(=O)NC3=O)cc2)CC1. The molecule has 1 aromatic carbocycles. The second-order valence-corrected chi connectivity index (χ2v) is 7.18. The number of esters is 1. The number of carbonyl (C=O) groups excluding carboxylic acids is 5. The summed E-state index contributed by atoms with van der Waals surface area (Å²) in [5, 5.41) is 2.27. The van der Waals surface area contributed by atoms with Crippen LogP contribution >= 0.6 is 0 Å². The molecule has 9 heteroatoms. The number of nitrogens with one attached hydrogen (secondary N) is 1. The normalized spacial score (nSPS) is 19.1. The lowest BCUT2D eigenvalue weighted by Crippen LogP contribution is -2.51. The van der Waals surface area contributed by atoms with E-state index >= 15 is 0 Å². The number of amides is 4.